The molecule has 1 aliphatic heterocycles. The summed E-state index contributed by atoms with van der Waals surface area (Å²) in [6.07, 6.45) is 2.01. The summed E-state index contributed by atoms with van der Waals surface area (Å²) >= 11 is 0. The average Bonchev–Trinajstić information content (AvgIpc) is 2.68. The van der Waals surface area contributed by atoms with Gasteiger partial charge in [0.25, 0.3) is 0 Å². The van der Waals surface area contributed by atoms with Gasteiger partial charge in [0.15, 0.2) is 0 Å². The van der Waals surface area contributed by atoms with E-state index in [4.69, 9.17) is 0 Å². The molecule has 2 N–H and O–H groups in total. The van der Waals surface area contributed by atoms with Crippen LogP contribution in [0.25, 0.3) is 0 Å². The molecule has 5 heteroatoms. The Bertz CT molecular complexity index is 545. The van der Waals surface area contributed by atoms with Crippen LogP contribution in [0, 0.1) is 0 Å². The van der Waals surface area contributed by atoms with Crippen molar-refractivity contribution in [3.63, 3.8) is 0 Å². The lowest BCUT2D eigenvalue weighted by Gasteiger charge is -2.27. The van der Waals surface area contributed by atoms with Gasteiger partial charge in [-0.1, -0.05) is 32.9 Å². The Morgan fingerprint density at radius 2 is 1.96 bits per heavy atom. The van der Waals surface area contributed by atoms with Crippen molar-refractivity contribution < 1.29 is 0 Å². The number of hydrogen-bond donors (Lipinski definition) is 2. The van der Waals surface area contributed by atoms with E-state index in [0.717, 1.165) is 57.0 Å². The smallest absolute Gasteiger partial charge is 0.222 e. The highest BCUT2D eigenvalue weighted by molar-refractivity contribution is 6.02. The molecule has 1 aromatic carbocycles. The van der Waals surface area contributed by atoms with E-state index < -0.39 is 0 Å². The van der Waals surface area contributed by atoms with Crippen LogP contribution in [0.4, 0.5) is 5.69 Å². The van der Waals surface area contributed by atoms with Gasteiger partial charge in [0.2, 0.25) is 5.96 Å². The number of guanidine groups is 1. The molecule has 0 saturated carbocycles. The standard InChI is InChI=1S/C18H29N5.C2H6/c1-4-15(2)21-18(19-3)22-17-7-5-6-16(14-17)8-11-23-12-9-20-10-13-23;1-2/h5-7,14,20H,4,8-13H2,1-3H3,(H,19,22);1-2H3/b21-15-;. The predicted octanol–water partition coefficient (Wildman–Crippen LogP) is 3.43. The van der Waals surface area contributed by atoms with E-state index in [0.29, 0.717) is 5.96 Å². The van der Waals surface area contributed by atoms with E-state index in [1.54, 1.807) is 7.05 Å². The van der Waals surface area contributed by atoms with Crippen molar-refractivity contribution in [3.8, 4) is 0 Å². The van der Waals surface area contributed by atoms with Gasteiger partial charge in [0.1, 0.15) is 0 Å². The molecule has 0 spiro atoms. The van der Waals surface area contributed by atoms with Gasteiger partial charge in [-0.15, -0.1) is 0 Å². The number of nitrogens with zero attached hydrogens (tertiary/aromatic N) is 3. The monoisotopic (exact) mass is 345 g/mol. The third kappa shape index (κ3) is 8.27. The van der Waals surface area contributed by atoms with Gasteiger partial charge in [-0.05, 0) is 37.5 Å². The molecule has 0 radical (unpaired) electrons. The van der Waals surface area contributed by atoms with Crippen LogP contribution >= 0.6 is 0 Å². The highest BCUT2D eigenvalue weighted by atomic mass is 15.2. The molecule has 140 valence electrons. The van der Waals surface area contributed by atoms with Crippen molar-refractivity contribution in [1.29, 1.82) is 0 Å². The van der Waals surface area contributed by atoms with Gasteiger partial charge < -0.3 is 15.5 Å². The van der Waals surface area contributed by atoms with Gasteiger partial charge in [-0.25, -0.2) is 4.99 Å². The molecule has 1 aromatic rings. The molecular weight excluding hydrogens is 310 g/mol. The van der Waals surface area contributed by atoms with Gasteiger partial charge in [-0.3, -0.25) is 4.99 Å². The molecule has 1 heterocycles. The molecule has 1 saturated heterocycles. The first-order chi connectivity index (χ1) is 12.2. The Balaban J connectivity index is 0.00000151. The second-order valence-corrected chi connectivity index (χ2v) is 5.91. The van der Waals surface area contributed by atoms with Crippen molar-refractivity contribution in [3.05, 3.63) is 29.8 Å². The summed E-state index contributed by atoms with van der Waals surface area (Å²) in [6, 6.07) is 8.55. The first-order valence-corrected chi connectivity index (χ1v) is 9.51. The molecule has 0 bridgehead atoms. The molecule has 0 unspecified atom stereocenters. The fourth-order valence-corrected chi connectivity index (χ4v) is 2.55. The quantitative estimate of drug-likeness (QED) is 0.635. The number of piperazine rings is 1. The van der Waals surface area contributed by atoms with E-state index in [2.05, 4.69) is 56.7 Å². The maximum atomic E-state index is 4.50. The molecule has 5 nitrogen and oxygen atoms in total. The molecule has 0 atom stereocenters. The molecule has 0 aromatic heterocycles. The number of anilines is 1. The van der Waals surface area contributed by atoms with Crippen molar-refractivity contribution in [2.75, 3.05) is 45.1 Å². The van der Waals surface area contributed by atoms with Gasteiger partial charge in [0, 0.05) is 51.2 Å². The zero-order valence-electron chi connectivity index (χ0n) is 16.6. The Morgan fingerprint density at radius 3 is 2.60 bits per heavy atom. The third-order valence-corrected chi connectivity index (χ3v) is 4.13. The first kappa shape index (κ1) is 21.3. The summed E-state index contributed by atoms with van der Waals surface area (Å²) < 4.78 is 0. The van der Waals surface area contributed by atoms with Crippen LogP contribution in [-0.4, -0.2) is 56.3 Å². The minimum absolute atomic E-state index is 0.670. The number of rotatable bonds is 5. The van der Waals surface area contributed by atoms with Crippen LogP contribution in [0.1, 0.15) is 39.7 Å². The summed E-state index contributed by atoms with van der Waals surface area (Å²) in [4.78, 5) is 11.2. The summed E-state index contributed by atoms with van der Waals surface area (Å²) in [5, 5.41) is 6.70. The van der Waals surface area contributed by atoms with Crippen LogP contribution in [0.2, 0.25) is 0 Å². The number of hydrogen-bond acceptors (Lipinski definition) is 3. The fourth-order valence-electron chi connectivity index (χ4n) is 2.55. The molecule has 25 heavy (non-hydrogen) atoms. The van der Waals surface area contributed by atoms with Gasteiger partial charge in [0.05, 0.1) is 0 Å². The number of nitrogens with one attached hydrogen (secondary N) is 2. The Kier molecular flexibility index (Phi) is 10.8. The predicted molar refractivity (Wildman–Crippen MR) is 111 cm³/mol. The summed E-state index contributed by atoms with van der Waals surface area (Å²) in [7, 11) is 1.77. The molecule has 1 fully saturated rings. The lowest BCUT2D eigenvalue weighted by Crippen LogP contribution is -2.44. The second kappa shape index (κ2) is 12.6. The van der Waals surface area contributed by atoms with E-state index in [1.807, 2.05) is 20.8 Å². The van der Waals surface area contributed by atoms with E-state index >= 15 is 0 Å². The summed E-state index contributed by atoms with van der Waals surface area (Å²) in [6.45, 7) is 13.7. The molecule has 2 rings (SSSR count). The zero-order chi connectivity index (χ0) is 18.5. The number of benzene rings is 1. The van der Waals surface area contributed by atoms with E-state index in [1.165, 1.54) is 5.56 Å². The Morgan fingerprint density at radius 1 is 1.24 bits per heavy atom. The van der Waals surface area contributed by atoms with Gasteiger partial charge >= 0.3 is 0 Å². The Hall–Kier alpha value is -1.72. The Labute approximate surface area is 153 Å². The minimum atomic E-state index is 0.670. The van der Waals surface area contributed by atoms with Crippen LogP contribution in [0.15, 0.2) is 34.3 Å². The topological polar surface area (TPSA) is 52.0 Å². The third-order valence-electron chi connectivity index (χ3n) is 4.13. The molecule has 0 aliphatic carbocycles. The fraction of sp³-hybridized carbons (Fsp3) is 0.600. The zero-order valence-corrected chi connectivity index (χ0v) is 16.6. The normalized spacial score (nSPS) is 16.2. The van der Waals surface area contributed by atoms with Crippen molar-refractivity contribution >= 4 is 17.4 Å². The second-order valence-electron chi connectivity index (χ2n) is 5.91. The van der Waals surface area contributed by atoms with Crippen molar-refractivity contribution in [1.82, 2.24) is 10.2 Å². The maximum absolute atomic E-state index is 4.50. The summed E-state index contributed by atoms with van der Waals surface area (Å²) in [5.74, 6) is 0.670. The SMILES string of the molecule is CC.CC/C(C)=N\C(=NC)Nc1cccc(CCN2CCNCC2)c1. The molecule has 0 amide bonds. The lowest BCUT2D eigenvalue weighted by atomic mass is 10.1. The van der Waals surface area contributed by atoms with Crippen molar-refractivity contribution in [2.24, 2.45) is 9.98 Å². The van der Waals surface area contributed by atoms with E-state index in [-0.39, 0.29) is 0 Å². The van der Waals surface area contributed by atoms with Crippen LogP contribution in [0.5, 0.6) is 0 Å². The number of aliphatic imine (C=N–C) groups is 2. The highest BCUT2D eigenvalue weighted by Gasteiger charge is 2.09. The average molecular weight is 346 g/mol. The lowest BCUT2D eigenvalue weighted by molar-refractivity contribution is 0.244. The van der Waals surface area contributed by atoms with Crippen LogP contribution in [-0.2, 0) is 6.42 Å². The highest BCUT2D eigenvalue weighted by Crippen LogP contribution is 2.12. The van der Waals surface area contributed by atoms with Crippen molar-refractivity contribution in [2.45, 2.75) is 40.5 Å². The van der Waals surface area contributed by atoms with E-state index in [9.17, 15) is 0 Å². The summed E-state index contributed by atoms with van der Waals surface area (Å²) in [5.41, 5.74) is 3.48. The largest absolute Gasteiger partial charge is 0.324 e. The van der Waals surface area contributed by atoms with Gasteiger partial charge in [-0.2, -0.15) is 0 Å². The minimum Gasteiger partial charge on any atom is -0.324 e. The van der Waals surface area contributed by atoms with Crippen LogP contribution in [0.3, 0.4) is 0 Å². The molecule has 1 aliphatic rings. The first-order valence-electron chi connectivity index (χ1n) is 9.51. The van der Waals surface area contributed by atoms with Crippen LogP contribution < -0.4 is 10.6 Å². The maximum Gasteiger partial charge on any atom is 0.222 e. The molecular formula is C20H35N5.